The van der Waals surface area contributed by atoms with Crippen LogP contribution in [0.15, 0.2) is 18.6 Å². The van der Waals surface area contributed by atoms with Crippen LogP contribution in [0.4, 0.5) is 8.78 Å². The molecule has 2 unspecified atom stereocenters. The van der Waals surface area contributed by atoms with Gasteiger partial charge >= 0.3 is 0 Å². The number of rotatable bonds is 5. The monoisotopic (exact) mass is 435 g/mol. The van der Waals surface area contributed by atoms with Crippen LogP contribution in [0.3, 0.4) is 0 Å². The fraction of sp³-hybridized carbons (Fsp3) is 0.619. The molecule has 0 saturated heterocycles. The van der Waals surface area contributed by atoms with Crippen molar-refractivity contribution in [2.75, 3.05) is 6.61 Å². The van der Waals surface area contributed by atoms with Gasteiger partial charge < -0.3 is 15.6 Å². The Bertz CT molecular complexity index is 1000. The zero-order valence-corrected chi connectivity index (χ0v) is 17.8. The second-order valence-electron chi connectivity index (χ2n) is 9.63. The van der Waals surface area contributed by atoms with Crippen molar-refractivity contribution in [1.29, 1.82) is 0 Å². The number of nitrogens with zero attached hydrogens (tertiary/aromatic N) is 4. The van der Waals surface area contributed by atoms with Crippen LogP contribution in [-0.2, 0) is 6.42 Å². The summed E-state index contributed by atoms with van der Waals surface area (Å²) in [7, 11) is 0. The van der Waals surface area contributed by atoms with Gasteiger partial charge in [-0.2, -0.15) is 9.83 Å². The lowest BCUT2D eigenvalue weighted by molar-refractivity contribution is -0.605. The molecule has 2 aromatic heterocycles. The highest BCUT2D eigenvalue weighted by Crippen LogP contribution is 2.60. The van der Waals surface area contributed by atoms with Gasteiger partial charge in [-0.05, 0) is 24.7 Å². The highest BCUT2D eigenvalue weighted by Gasteiger charge is 2.58. The minimum Gasteiger partial charge on any atom is -0.619 e. The molecule has 0 radical (unpaired) electrons. The molecule has 168 valence electrons. The molecule has 3 atom stereocenters. The first kappa shape index (κ1) is 21.6. The van der Waals surface area contributed by atoms with Crippen LogP contribution in [0.1, 0.15) is 67.7 Å². The van der Waals surface area contributed by atoms with Crippen molar-refractivity contribution in [2.24, 2.45) is 10.8 Å². The Morgan fingerprint density at radius 3 is 2.84 bits per heavy atom. The van der Waals surface area contributed by atoms with Crippen molar-refractivity contribution in [1.82, 2.24) is 20.1 Å². The molecule has 1 fully saturated rings. The summed E-state index contributed by atoms with van der Waals surface area (Å²) in [6.45, 7) is 5.38. The number of aliphatic hydroxyl groups is 1. The van der Waals surface area contributed by atoms with E-state index in [0.29, 0.717) is 35.3 Å². The Hall–Kier alpha value is -2.62. The Morgan fingerprint density at radius 1 is 1.48 bits per heavy atom. The Balaban J connectivity index is 1.82. The molecule has 0 spiro atoms. The van der Waals surface area contributed by atoms with Gasteiger partial charge in [0.25, 0.3) is 5.91 Å². The first-order valence-corrected chi connectivity index (χ1v) is 10.5. The largest absolute Gasteiger partial charge is 0.619 e. The Kier molecular flexibility index (Phi) is 5.23. The summed E-state index contributed by atoms with van der Waals surface area (Å²) >= 11 is 0. The van der Waals surface area contributed by atoms with Crippen LogP contribution in [0.2, 0.25) is 0 Å². The average molecular weight is 435 g/mol. The molecule has 0 bridgehead atoms. The number of hydrogen-bond donors (Lipinski definition) is 2. The van der Waals surface area contributed by atoms with Gasteiger partial charge in [0, 0.05) is 16.9 Å². The predicted octanol–water partition coefficient (Wildman–Crippen LogP) is 2.11. The van der Waals surface area contributed by atoms with Gasteiger partial charge in [0.05, 0.1) is 24.5 Å². The van der Waals surface area contributed by atoms with E-state index < -0.39 is 35.1 Å². The van der Waals surface area contributed by atoms with E-state index in [1.165, 1.54) is 23.3 Å². The molecule has 2 heterocycles. The van der Waals surface area contributed by atoms with Crippen molar-refractivity contribution in [3.05, 3.63) is 40.7 Å². The molecule has 4 rings (SSSR count). The standard InChI is InChI=1S/C21H27F2N5O3/c1-20(2,3)14(11-29)25-18(30)16-12-9-21(19(22)23)6-4-5-13(21)17(12)28(26-16)15-10-27(31)8-7-24-15/h7-8,10,13-14,19,29H,4-6,9,11H2,1-3H3,(H,25,30)/t13?,14?,21-/m0/s1. The van der Waals surface area contributed by atoms with Crippen molar-refractivity contribution >= 4 is 5.91 Å². The minimum absolute atomic E-state index is 0.0511. The fourth-order valence-corrected chi connectivity index (χ4v) is 4.98. The van der Waals surface area contributed by atoms with Crippen LogP contribution in [-0.4, -0.2) is 44.9 Å². The molecule has 2 aliphatic rings. The number of nitrogens with one attached hydrogen (secondary N) is 1. The van der Waals surface area contributed by atoms with Gasteiger partial charge in [-0.25, -0.2) is 18.4 Å². The predicted molar refractivity (Wildman–Crippen MR) is 107 cm³/mol. The quantitative estimate of drug-likeness (QED) is 0.553. The maximum Gasteiger partial charge on any atom is 0.272 e. The zero-order valence-electron chi connectivity index (χ0n) is 17.8. The SMILES string of the molecule is CC(C)(C)C(CO)NC(=O)c1nn(-c2c[n+]([O-])ccn2)c2c1C[C@@]1(C(F)F)CCCC21. The number of carbonyl (C=O) groups excluding carboxylic acids is 1. The van der Waals surface area contributed by atoms with Crippen molar-refractivity contribution in [3.8, 4) is 5.82 Å². The van der Waals surface area contributed by atoms with E-state index in [4.69, 9.17) is 0 Å². The van der Waals surface area contributed by atoms with Gasteiger partial charge in [0.1, 0.15) is 0 Å². The summed E-state index contributed by atoms with van der Waals surface area (Å²) in [6, 6.07) is -0.538. The average Bonchev–Trinajstić information content (AvgIpc) is 3.34. The van der Waals surface area contributed by atoms with Crippen LogP contribution < -0.4 is 10.0 Å². The normalized spacial score (nSPS) is 23.6. The smallest absolute Gasteiger partial charge is 0.272 e. The fourth-order valence-electron chi connectivity index (χ4n) is 4.98. The van der Waals surface area contributed by atoms with Gasteiger partial charge in [-0.1, -0.05) is 27.2 Å². The van der Waals surface area contributed by atoms with E-state index in [0.717, 1.165) is 0 Å². The second kappa shape index (κ2) is 7.51. The number of alkyl halides is 2. The number of aliphatic hydroxyl groups excluding tert-OH is 1. The van der Waals surface area contributed by atoms with E-state index in [2.05, 4.69) is 15.4 Å². The number of fused-ring (bicyclic) bond motifs is 3. The molecule has 8 nitrogen and oxygen atoms in total. The summed E-state index contributed by atoms with van der Waals surface area (Å²) in [6.07, 6.45) is 2.85. The molecule has 31 heavy (non-hydrogen) atoms. The Labute approximate surface area is 178 Å². The molecule has 1 amide bonds. The molecule has 2 aliphatic carbocycles. The highest BCUT2D eigenvalue weighted by atomic mass is 19.3. The van der Waals surface area contributed by atoms with Gasteiger partial charge in [0.15, 0.2) is 11.9 Å². The van der Waals surface area contributed by atoms with Crippen molar-refractivity contribution in [3.63, 3.8) is 0 Å². The number of aromatic nitrogens is 4. The lowest BCUT2D eigenvalue weighted by atomic mass is 9.79. The lowest BCUT2D eigenvalue weighted by Gasteiger charge is -2.30. The van der Waals surface area contributed by atoms with Crippen LogP contribution in [0.5, 0.6) is 0 Å². The molecule has 0 aromatic carbocycles. The number of carbonyl (C=O) groups is 1. The number of amides is 1. The maximum absolute atomic E-state index is 14.2. The minimum atomic E-state index is -2.54. The van der Waals surface area contributed by atoms with Gasteiger partial charge in [-0.3, -0.25) is 4.79 Å². The molecular formula is C21H27F2N5O3. The van der Waals surface area contributed by atoms with Crippen molar-refractivity contribution in [2.45, 2.75) is 64.8 Å². The third kappa shape index (κ3) is 3.46. The maximum atomic E-state index is 14.2. The van der Waals surface area contributed by atoms with Crippen molar-refractivity contribution < 1.29 is 23.4 Å². The molecule has 1 saturated carbocycles. The summed E-state index contributed by atoms with van der Waals surface area (Å²) in [5.74, 6) is -0.812. The first-order valence-electron chi connectivity index (χ1n) is 10.5. The molecule has 10 heteroatoms. The lowest BCUT2D eigenvalue weighted by Crippen LogP contribution is -2.46. The summed E-state index contributed by atoms with van der Waals surface area (Å²) < 4.78 is 30.4. The number of hydrogen-bond acceptors (Lipinski definition) is 5. The van der Waals surface area contributed by atoms with Crippen LogP contribution in [0.25, 0.3) is 5.82 Å². The van der Waals surface area contributed by atoms with E-state index in [1.54, 1.807) is 0 Å². The van der Waals surface area contributed by atoms with E-state index >= 15 is 0 Å². The summed E-state index contributed by atoms with van der Waals surface area (Å²) in [4.78, 5) is 17.3. The van der Waals surface area contributed by atoms with E-state index in [9.17, 15) is 23.9 Å². The van der Waals surface area contributed by atoms with E-state index in [1.807, 2.05) is 20.8 Å². The first-order chi connectivity index (χ1) is 14.6. The second-order valence-corrected chi connectivity index (χ2v) is 9.63. The number of halogens is 2. The molecule has 2 aromatic rings. The third-order valence-electron chi connectivity index (χ3n) is 6.75. The summed E-state index contributed by atoms with van der Waals surface area (Å²) in [5.41, 5.74) is -0.566. The van der Waals surface area contributed by atoms with Gasteiger partial charge in [-0.15, -0.1) is 0 Å². The topological polar surface area (TPSA) is 107 Å². The molecule has 0 aliphatic heterocycles. The van der Waals surface area contributed by atoms with Crippen LogP contribution >= 0.6 is 0 Å². The molecular weight excluding hydrogens is 408 g/mol. The van der Waals surface area contributed by atoms with E-state index in [-0.39, 0.29) is 24.5 Å². The Morgan fingerprint density at radius 2 is 2.23 bits per heavy atom. The highest BCUT2D eigenvalue weighted by molar-refractivity contribution is 5.94. The zero-order chi connectivity index (χ0) is 22.6. The third-order valence-corrected chi connectivity index (χ3v) is 6.75. The van der Waals surface area contributed by atoms with Gasteiger partial charge in [0.2, 0.25) is 18.4 Å². The molecule has 2 N–H and O–H groups in total. The van der Waals surface area contributed by atoms with Crippen LogP contribution in [0, 0.1) is 16.0 Å². The summed E-state index contributed by atoms with van der Waals surface area (Å²) in [5, 5.41) is 28.8.